The van der Waals surface area contributed by atoms with Crippen molar-refractivity contribution < 1.29 is 0 Å². The second-order valence-corrected chi connectivity index (χ2v) is 5.34. The maximum absolute atomic E-state index is 5.69. The summed E-state index contributed by atoms with van der Waals surface area (Å²) in [5.41, 5.74) is 10.4. The van der Waals surface area contributed by atoms with Crippen molar-refractivity contribution in [2.45, 2.75) is 25.8 Å². The number of pyridine rings is 1. The zero-order chi connectivity index (χ0) is 14.7. The van der Waals surface area contributed by atoms with E-state index >= 15 is 0 Å². The number of nitrogens with two attached hydrogens (primary N) is 1. The van der Waals surface area contributed by atoms with Gasteiger partial charge in [-0.05, 0) is 43.1 Å². The van der Waals surface area contributed by atoms with Crippen LogP contribution in [0.25, 0.3) is 0 Å². The molecule has 0 fully saturated rings. The number of aryl methyl sites for hydroxylation is 1. The Bertz CT molecular complexity index is 636. The molecule has 4 nitrogen and oxygen atoms in total. The van der Waals surface area contributed by atoms with E-state index in [4.69, 9.17) is 10.8 Å². The minimum Gasteiger partial charge on any atom is -0.330 e. The second-order valence-electron chi connectivity index (χ2n) is 5.34. The molecule has 1 aliphatic rings. The van der Waals surface area contributed by atoms with Crippen LogP contribution in [-0.4, -0.2) is 17.2 Å². The molecular weight excluding hydrogens is 260 g/mol. The van der Waals surface area contributed by atoms with Gasteiger partial charge in [-0.2, -0.15) is 5.10 Å². The van der Waals surface area contributed by atoms with E-state index in [9.17, 15) is 0 Å². The van der Waals surface area contributed by atoms with E-state index in [1.807, 2.05) is 12.3 Å². The summed E-state index contributed by atoms with van der Waals surface area (Å²) in [6, 6.07) is 12.6. The molecule has 0 amide bonds. The number of anilines is 1. The minimum absolute atomic E-state index is 0.210. The van der Waals surface area contributed by atoms with Gasteiger partial charge in [0.2, 0.25) is 0 Å². The quantitative estimate of drug-likeness (QED) is 0.936. The van der Waals surface area contributed by atoms with Crippen LogP contribution in [0.5, 0.6) is 0 Å². The number of nitrogens with zero attached hydrogens (tertiary/aromatic N) is 3. The molecule has 0 bridgehead atoms. The predicted molar refractivity (Wildman–Crippen MR) is 86.4 cm³/mol. The van der Waals surface area contributed by atoms with Crippen LogP contribution < -0.4 is 10.7 Å². The molecule has 1 aromatic heterocycles. The van der Waals surface area contributed by atoms with E-state index in [0.717, 1.165) is 24.2 Å². The van der Waals surface area contributed by atoms with Crippen molar-refractivity contribution in [1.82, 2.24) is 4.98 Å². The molecule has 3 rings (SSSR count). The van der Waals surface area contributed by atoms with Crippen molar-refractivity contribution in [2.75, 3.05) is 11.6 Å². The van der Waals surface area contributed by atoms with E-state index < -0.39 is 0 Å². The third-order valence-electron chi connectivity index (χ3n) is 3.84. The summed E-state index contributed by atoms with van der Waals surface area (Å²) >= 11 is 0. The van der Waals surface area contributed by atoms with Crippen LogP contribution in [0.3, 0.4) is 0 Å². The summed E-state index contributed by atoms with van der Waals surface area (Å²) in [6.45, 7) is 2.76. The van der Waals surface area contributed by atoms with Crippen molar-refractivity contribution >= 4 is 11.4 Å². The second kappa shape index (κ2) is 6.06. The summed E-state index contributed by atoms with van der Waals surface area (Å²) in [5.74, 6) is 0. The van der Waals surface area contributed by atoms with Crippen LogP contribution in [0.1, 0.15) is 30.0 Å². The first kappa shape index (κ1) is 13.8. The van der Waals surface area contributed by atoms with Gasteiger partial charge >= 0.3 is 0 Å². The molecule has 1 unspecified atom stereocenters. The largest absolute Gasteiger partial charge is 0.330 e. The van der Waals surface area contributed by atoms with Crippen LogP contribution >= 0.6 is 0 Å². The maximum Gasteiger partial charge on any atom is 0.0843 e. The van der Waals surface area contributed by atoms with Gasteiger partial charge in [0.15, 0.2) is 0 Å². The smallest absolute Gasteiger partial charge is 0.0843 e. The third kappa shape index (κ3) is 2.81. The molecule has 0 saturated carbocycles. The van der Waals surface area contributed by atoms with Crippen molar-refractivity contribution in [3.63, 3.8) is 0 Å². The highest BCUT2D eigenvalue weighted by Gasteiger charge is 2.29. The van der Waals surface area contributed by atoms with Crippen molar-refractivity contribution in [1.29, 1.82) is 0 Å². The molecule has 108 valence electrons. The molecule has 0 saturated heterocycles. The summed E-state index contributed by atoms with van der Waals surface area (Å²) in [6.07, 6.45) is 5.49. The lowest BCUT2D eigenvalue weighted by atomic mass is 10.0. The Morgan fingerprint density at radius 2 is 2.10 bits per heavy atom. The zero-order valence-corrected chi connectivity index (χ0v) is 12.2. The fourth-order valence-electron chi connectivity index (χ4n) is 2.77. The predicted octanol–water partition coefficient (Wildman–Crippen LogP) is 3.05. The topological polar surface area (TPSA) is 54.5 Å². The molecule has 0 aliphatic carbocycles. The summed E-state index contributed by atoms with van der Waals surface area (Å²) in [4.78, 5) is 4.25. The van der Waals surface area contributed by atoms with Gasteiger partial charge in [0.1, 0.15) is 0 Å². The lowest BCUT2D eigenvalue weighted by Crippen LogP contribution is -2.19. The Hall–Kier alpha value is -2.20. The number of hydrogen-bond acceptors (Lipinski definition) is 4. The number of hydrogen-bond donors (Lipinski definition) is 1. The highest BCUT2D eigenvalue weighted by Crippen LogP contribution is 2.36. The number of para-hydroxylation sites is 1. The van der Waals surface area contributed by atoms with Crippen molar-refractivity contribution in [2.24, 2.45) is 10.8 Å². The molecule has 1 aromatic carbocycles. The monoisotopic (exact) mass is 280 g/mol. The van der Waals surface area contributed by atoms with Crippen LogP contribution in [-0.2, 0) is 0 Å². The number of rotatable bonds is 4. The summed E-state index contributed by atoms with van der Waals surface area (Å²) < 4.78 is 0. The Labute approximate surface area is 125 Å². The molecule has 21 heavy (non-hydrogen) atoms. The molecule has 1 aliphatic heterocycles. The maximum atomic E-state index is 5.69. The van der Waals surface area contributed by atoms with Gasteiger partial charge in [0, 0.05) is 24.5 Å². The molecule has 0 spiro atoms. The lowest BCUT2D eigenvalue weighted by Gasteiger charge is -2.25. The van der Waals surface area contributed by atoms with Gasteiger partial charge in [-0.1, -0.05) is 24.3 Å². The van der Waals surface area contributed by atoms with E-state index in [1.165, 1.54) is 11.1 Å². The Kier molecular flexibility index (Phi) is 3.97. The Balaban J connectivity index is 1.98. The highest BCUT2D eigenvalue weighted by atomic mass is 15.5. The van der Waals surface area contributed by atoms with Crippen LogP contribution in [0.15, 0.2) is 53.9 Å². The normalized spacial score (nSPS) is 17.9. The van der Waals surface area contributed by atoms with Crippen molar-refractivity contribution in [3.8, 4) is 0 Å². The third-order valence-corrected chi connectivity index (χ3v) is 3.84. The minimum atomic E-state index is 0.210. The molecule has 2 aromatic rings. The van der Waals surface area contributed by atoms with Gasteiger partial charge in [-0.15, -0.1) is 0 Å². The summed E-state index contributed by atoms with van der Waals surface area (Å²) in [5, 5.41) is 6.93. The molecule has 2 N–H and O–H groups in total. The average Bonchev–Trinajstić information content (AvgIpc) is 2.93. The number of benzene rings is 1. The fourth-order valence-corrected chi connectivity index (χ4v) is 2.77. The SMILES string of the molecule is Cc1ccccc1N1N=C(CCN)CC1c1cccnc1. The number of aromatic nitrogens is 1. The van der Waals surface area contributed by atoms with Gasteiger partial charge in [-0.3, -0.25) is 9.99 Å². The summed E-state index contributed by atoms with van der Waals surface area (Å²) in [7, 11) is 0. The van der Waals surface area contributed by atoms with E-state index in [0.29, 0.717) is 6.54 Å². The van der Waals surface area contributed by atoms with Gasteiger partial charge in [0.25, 0.3) is 0 Å². The van der Waals surface area contributed by atoms with Crippen LogP contribution in [0, 0.1) is 6.92 Å². The van der Waals surface area contributed by atoms with E-state index in [-0.39, 0.29) is 6.04 Å². The van der Waals surface area contributed by atoms with Gasteiger partial charge < -0.3 is 5.73 Å². The van der Waals surface area contributed by atoms with Crippen molar-refractivity contribution in [3.05, 3.63) is 59.9 Å². The molecule has 0 radical (unpaired) electrons. The Morgan fingerprint density at radius 1 is 1.24 bits per heavy atom. The standard InChI is InChI=1S/C17H20N4/c1-13-5-2-3-7-16(13)21-17(11-15(20-21)8-9-18)14-6-4-10-19-12-14/h2-7,10,12,17H,8-9,11,18H2,1H3. The van der Waals surface area contributed by atoms with Gasteiger partial charge in [-0.25, -0.2) is 0 Å². The first-order chi connectivity index (χ1) is 10.3. The fraction of sp³-hybridized carbons (Fsp3) is 0.294. The first-order valence-electron chi connectivity index (χ1n) is 7.31. The number of hydrazone groups is 1. The molecule has 1 atom stereocenters. The molecular formula is C17H20N4. The van der Waals surface area contributed by atoms with Crippen LogP contribution in [0.4, 0.5) is 5.69 Å². The van der Waals surface area contributed by atoms with Crippen LogP contribution in [0.2, 0.25) is 0 Å². The highest BCUT2D eigenvalue weighted by molar-refractivity contribution is 5.89. The molecule has 4 heteroatoms. The molecule has 2 heterocycles. The van der Waals surface area contributed by atoms with E-state index in [1.54, 1.807) is 6.20 Å². The van der Waals surface area contributed by atoms with Gasteiger partial charge in [0.05, 0.1) is 11.7 Å². The van der Waals surface area contributed by atoms with E-state index in [2.05, 4.69) is 47.2 Å². The first-order valence-corrected chi connectivity index (χ1v) is 7.31. The zero-order valence-electron chi connectivity index (χ0n) is 12.2. The average molecular weight is 280 g/mol. The Morgan fingerprint density at radius 3 is 2.81 bits per heavy atom. The lowest BCUT2D eigenvalue weighted by molar-refractivity contribution is 0.702.